The molecule has 15 heavy (non-hydrogen) atoms. The minimum absolute atomic E-state index is 0.106. The zero-order valence-electron chi connectivity index (χ0n) is 9.95. The third kappa shape index (κ3) is 4.18. The Hall–Kier alpha value is -0.610. The molecule has 0 aromatic heterocycles. The molecule has 0 aliphatic carbocycles. The van der Waals surface area contributed by atoms with Gasteiger partial charge in [-0.05, 0) is 33.4 Å². The minimum Gasteiger partial charge on any atom is -0.383 e. The fraction of sp³-hybridized carbons (Fsp3) is 0.909. The lowest BCUT2D eigenvalue weighted by Crippen LogP contribution is -2.45. The summed E-state index contributed by atoms with van der Waals surface area (Å²) >= 11 is 0. The van der Waals surface area contributed by atoms with Gasteiger partial charge in [-0.25, -0.2) is 0 Å². The Morgan fingerprint density at radius 2 is 2.40 bits per heavy atom. The Labute approximate surface area is 92.0 Å². The van der Waals surface area contributed by atoms with Crippen LogP contribution in [0.25, 0.3) is 0 Å². The van der Waals surface area contributed by atoms with E-state index in [1.54, 1.807) is 7.11 Å². The second-order valence-corrected chi connectivity index (χ2v) is 4.47. The van der Waals surface area contributed by atoms with Gasteiger partial charge in [-0.2, -0.15) is 0 Å². The average Bonchev–Trinajstić information content (AvgIpc) is 2.18. The summed E-state index contributed by atoms with van der Waals surface area (Å²) in [6, 6.07) is 0.106. The van der Waals surface area contributed by atoms with Crippen LogP contribution in [0.2, 0.25) is 0 Å². The number of hydrogen-bond donors (Lipinski definition) is 1. The van der Waals surface area contributed by atoms with E-state index in [2.05, 4.69) is 17.3 Å². The molecule has 2 atom stereocenters. The monoisotopic (exact) mass is 214 g/mol. The van der Waals surface area contributed by atoms with Crippen LogP contribution in [-0.4, -0.2) is 50.7 Å². The van der Waals surface area contributed by atoms with Gasteiger partial charge >= 0.3 is 0 Å². The predicted octanol–water partition coefficient (Wildman–Crippen LogP) is 0.479. The molecule has 1 fully saturated rings. The first kappa shape index (κ1) is 12.5. The number of carbonyl (C=O) groups excluding carboxylic acids is 1. The van der Waals surface area contributed by atoms with Crippen molar-refractivity contribution < 1.29 is 9.53 Å². The molecular weight excluding hydrogens is 192 g/mol. The van der Waals surface area contributed by atoms with Crippen LogP contribution >= 0.6 is 0 Å². The summed E-state index contributed by atoms with van der Waals surface area (Å²) in [6.07, 6.45) is 2.13. The number of piperidine rings is 1. The number of nitrogens with zero attached hydrogens (tertiary/aromatic N) is 1. The maximum atomic E-state index is 11.8. The molecule has 0 saturated carbocycles. The lowest BCUT2D eigenvalue weighted by molar-refractivity contribution is -0.127. The summed E-state index contributed by atoms with van der Waals surface area (Å²) in [5.41, 5.74) is 0. The molecular formula is C11H22N2O2. The Bertz CT molecular complexity index is 209. The van der Waals surface area contributed by atoms with Gasteiger partial charge in [0.2, 0.25) is 5.91 Å². The fourth-order valence-corrected chi connectivity index (χ4v) is 2.03. The van der Waals surface area contributed by atoms with E-state index >= 15 is 0 Å². The van der Waals surface area contributed by atoms with E-state index in [1.807, 2.05) is 6.92 Å². The van der Waals surface area contributed by atoms with Crippen LogP contribution in [0.5, 0.6) is 0 Å². The average molecular weight is 214 g/mol. The molecule has 1 heterocycles. The second-order valence-electron chi connectivity index (χ2n) is 4.47. The topological polar surface area (TPSA) is 41.6 Å². The van der Waals surface area contributed by atoms with Gasteiger partial charge in [0.05, 0.1) is 12.5 Å². The highest BCUT2D eigenvalue weighted by Crippen LogP contribution is 2.15. The number of carbonyl (C=O) groups is 1. The SMILES string of the molecule is COC[C@@H](C)NC(=O)[C@H]1CCCN(C)C1. The quantitative estimate of drug-likeness (QED) is 0.740. The number of nitrogens with one attached hydrogen (secondary N) is 1. The van der Waals surface area contributed by atoms with Crippen LogP contribution in [0.4, 0.5) is 0 Å². The highest BCUT2D eigenvalue weighted by molar-refractivity contribution is 5.79. The summed E-state index contributed by atoms with van der Waals surface area (Å²) in [4.78, 5) is 14.1. The smallest absolute Gasteiger partial charge is 0.224 e. The maximum absolute atomic E-state index is 11.8. The Kier molecular flexibility index (Phi) is 5.05. The van der Waals surface area contributed by atoms with Gasteiger partial charge in [0, 0.05) is 19.7 Å². The van der Waals surface area contributed by atoms with Crippen LogP contribution in [0, 0.1) is 5.92 Å². The maximum Gasteiger partial charge on any atom is 0.224 e. The normalized spacial score (nSPS) is 24.9. The van der Waals surface area contributed by atoms with E-state index in [9.17, 15) is 4.79 Å². The number of likely N-dealkylation sites (tertiary alicyclic amines) is 1. The number of methoxy groups -OCH3 is 1. The molecule has 4 heteroatoms. The zero-order valence-corrected chi connectivity index (χ0v) is 9.95. The molecule has 1 amide bonds. The van der Waals surface area contributed by atoms with Crippen molar-refractivity contribution in [3.63, 3.8) is 0 Å². The molecule has 0 spiro atoms. The number of ether oxygens (including phenoxy) is 1. The fourth-order valence-electron chi connectivity index (χ4n) is 2.03. The number of amides is 1. The first-order valence-corrected chi connectivity index (χ1v) is 5.61. The molecule has 88 valence electrons. The van der Waals surface area contributed by atoms with Crippen LogP contribution in [0.1, 0.15) is 19.8 Å². The van der Waals surface area contributed by atoms with Crippen LogP contribution < -0.4 is 5.32 Å². The van der Waals surface area contributed by atoms with Gasteiger partial charge < -0.3 is 15.0 Å². The van der Waals surface area contributed by atoms with E-state index in [0.717, 1.165) is 25.9 Å². The van der Waals surface area contributed by atoms with Crippen molar-refractivity contribution in [1.29, 1.82) is 0 Å². The standard InChI is InChI=1S/C11H22N2O2/c1-9(8-15-3)12-11(14)10-5-4-6-13(2)7-10/h9-10H,4-8H2,1-3H3,(H,12,14)/t9-,10+/m1/s1. The summed E-state index contributed by atoms with van der Waals surface area (Å²) in [7, 11) is 3.72. The molecule has 0 unspecified atom stereocenters. The van der Waals surface area contributed by atoms with Gasteiger partial charge in [-0.3, -0.25) is 4.79 Å². The van der Waals surface area contributed by atoms with Crippen molar-refractivity contribution in [2.45, 2.75) is 25.8 Å². The van der Waals surface area contributed by atoms with Crippen molar-refractivity contribution in [2.75, 3.05) is 33.9 Å². The highest BCUT2D eigenvalue weighted by atomic mass is 16.5. The Balaban J connectivity index is 2.32. The molecule has 4 nitrogen and oxygen atoms in total. The first-order valence-electron chi connectivity index (χ1n) is 5.61. The Morgan fingerprint density at radius 1 is 1.67 bits per heavy atom. The molecule has 0 radical (unpaired) electrons. The van der Waals surface area contributed by atoms with E-state index in [0.29, 0.717) is 6.61 Å². The van der Waals surface area contributed by atoms with Crippen molar-refractivity contribution in [3.05, 3.63) is 0 Å². The summed E-state index contributed by atoms with van der Waals surface area (Å²) in [5.74, 6) is 0.328. The lowest BCUT2D eigenvalue weighted by Gasteiger charge is -2.29. The molecule has 1 saturated heterocycles. The molecule has 0 aromatic rings. The summed E-state index contributed by atoms with van der Waals surface area (Å²) in [6.45, 7) is 4.53. The van der Waals surface area contributed by atoms with Gasteiger partial charge in [-0.1, -0.05) is 0 Å². The van der Waals surface area contributed by atoms with Crippen molar-refractivity contribution in [2.24, 2.45) is 5.92 Å². The van der Waals surface area contributed by atoms with E-state index in [-0.39, 0.29) is 17.9 Å². The van der Waals surface area contributed by atoms with Crippen LogP contribution in [-0.2, 0) is 9.53 Å². The predicted molar refractivity (Wildman–Crippen MR) is 59.7 cm³/mol. The first-order chi connectivity index (χ1) is 7.13. The second kappa shape index (κ2) is 6.08. The molecule has 1 aliphatic heterocycles. The largest absolute Gasteiger partial charge is 0.383 e. The number of hydrogen-bond acceptors (Lipinski definition) is 3. The van der Waals surface area contributed by atoms with E-state index in [4.69, 9.17) is 4.74 Å². The van der Waals surface area contributed by atoms with Gasteiger partial charge in [0.1, 0.15) is 0 Å². The zero-order chi connectivity index (χ0) is 11.3. The third-order valence-corrected chi connectivity index (χ3v) is 2.80. The van der Waals surface area contributed by atoms with E-state index < -0.39 is 0 Å². The molecule has 1 aliphatic rings. The van der Waals surface area contributed by atoms with Gasteiger partial charge in [0.15, 0.2) is 0 Å². The third-order valence-electron chi connectivity index (χ3n) is 2.80. The van der Waals surface area contributed by atoms with Crippen LogP contribution in [0.3, 0.4) is 0 Å². The summed E-state index contributed by atoms with van der Waals surface area (Å²) < 4.78 is 4.99. The highest BCUT2D eigenvalue weighted by Gasteiger charge is 2.24. The van der Waals surface area contributed by atoms with Gasteiger partial charge in [0.25, 0.3) is 0 Å². The van der Waals surface area contributed by atoms with Crippen molar-refractivity contribution >= 4 is 5.91 Å². The number of rotatable bonds is 4. The summed E-state index contributed by atoms with van der Waals surface area (Å²) in [5, 5.41) is 2.98. The van der Waals surface area contributed by atoms with E-state index in [1.165, 1.54) is 0 Å². The van der Waals surface area contributed by atoms with Crippen molar-refractivity contribution in [3.8, 4) is 0 Å². The molecule has 0 aromatic carbocycles. The molecule has 1 N–H and O–H groups in total. The molecule has 0 bridgehead atoms. The van der Waals surface area contributed by atoms with Crippen LogP contribution in [0.15, 0.2) is 0 Å². The minimum atomic E-state index is 0.106. The Morgan fingerprint density at radius 3 is 3.00 bits per heavy atom. The van der Waals surface area contributed by atoms with Crippen molar-refractivity contribution in [1.82, 2.24) is 10.2 Å². The lowest BCUT2D eigenvalue weighted by atomic mass is 9.97. The van der Waals surface area contributed by atoms with Gasteiger partial charge in [-0.15, -0.1) is 0 Å². The molecule has 1 rings (SSSR count).